The van der Waals surface area contributed by atoms with E-state index < -0.39 is 0 Å². The van der Waals surface area contributed by atoms with E-state index in [0.29, 0.717) is 0 Å². The summed E-state index contributed by atoms with van der Waals surface area (Å²) in [4.78, 5) is 2.40. The van der Waals surface area contributed by atoms with Gasteiger partial charge in [0.25, 0.3) is 0 Å². The van der Waals surface area contributed by atoms with Crippen molar-refractivity contribution in [2.45, 2.75) is 47.5 Å². The third-order valence-electron chi connectivity index (χ3n) is 19.8. The lowest BCUT2D eigenvalue weighted by molar-refractivity contribution is 0.772. The molecular weight excluding hydrogens is 1290 g/mol. The van der Waals surface area contributed by atoms with Crippen LogP contribution in [0.15, 0.2) is 394 Å². The molecule has 18 rings (SSSR count). The van der Waals surface area contributed by atoms with Crippen molar-refractivity contribution < 1.29 is 0 Å². The Hall–Kier alpha value is -12.4. The molecule has 18 aromatic carbocycles. The van der Waals surface area contributed by atoms with Gasteiger partial charge in [0, 0.05) is 22.1 Å². The van der Waals surface area contributed by atoms with Gasteiger partial charge in [0.2, 0.25) is 0 Å². The predicted molar refractivity (Wildman–Crippen MR) is 459 cm³/mol. The highest BCUT2D eigenvalue weighted by molar-refractivity contribution is 6.31. The zero-order valence-electron chi connectivity index (χ0n) is 59.0. The maximum atomic E-state index is 6.16. The van der Waals surface area contributed by atoms with E-state index in [1.165, 1.54) is 162 Å². The first-order valence-electron chi connectivity index (χ1n) is 36.3. The summed E-state index contributed by atoms with van der Waals surface area (Å²) >= 11 is 6.16. The molecule has 0 heterocycles. The van der Waals surface area contributed by atoms with Crippen molar-refractivity contribution >= 4 is 93.3 Å². The van der Waals surface area contributed by atoms with Gasteiger partial charge in [0.05, 0.1) is 0 Å². The molecule has 0 N–H and O–H groups in total. The van der Waals surface area contributed by atoms with Crippen molar-refractivity contribution in [3.05, 3.63) is 405 Å². The van der Waals surface area contributed by atoms with E-state index in [1.54, 1.807) is 0 Å². The van der Waals surface area contributed by atoms with Gasteiger partial charge < -0.3 is 4.90 Å². The molecule has 1 nitrogen and oxygen atoms in total. The standard InChI is InChI=1S/C58H39N.C20H13Cl.C19H16.C5H12.CH4/c1-2-14-40(15-3-1)41-28-30-42(31-29-41)43-32-34-48(35-33-43)59(49-20-12-18-44(36-49)57-38-46-16-4-6-22-51(46)53-24-8-10-26-55(53)57)50-21-13-19-45(37-50)58-39-47-17-5-7-23-52(47)54-25-9-11-27-56(54)58;21-16-8-5-7-14(12-16)20-13-15-6-1-2-9-17(15)18-10-3-4-11-19(18)20;1-15-7-9-17(10-8-15)19-13-11-18(12-14-19)16-5-3-2-4-6-16;1-3-5-4-2;/h1-39H;1-13H;2-14H,1H3;3-5H2,1-2H3;1H4. The summed E-state index contributed by atoms with van der Waals surface area (Å²) in [5.41, 5.74) is 21.7. The summed E-state index contributed by atoms with van der Waals surface area (Å²) in [6.07, 6.45) is 4.08. The molecule has 0 aromatic heterocycles. The Labute approximate surface area is 624 Å². The Kier molecular flexibility index (Phi) is 21.7. The molecule has 0 atom stereocenters. The molecule has 0 spiro atoms. The molecular formula is C103H84ClN. The first kappa shape index (κ1) is 69.7. The van der Waals surface area contributed by atoms with Crippen LogP contribution in [0, 0.1) is 6.92 Å². The molecule has 2 heteroatoms. The number of rotatable bonds is 12. The molecule has 0 saturated carbocycles. The average Bonchev–Trinajstić information content (AvgIpc) is 0.770. The van der Waals surface area contributed by atoms with Crippen LogP contribution in [-0.4, -0.2) is 0 Å². The van der Waals surface area contributed by atoms with Crippen molar-refractivity contribution in [3.63, 3.8) is 0 Å². The van der Waals surface area contributed by atoms with E-state index in [1.807, 2.05) is 24.3 Å². The van der Waals surface area contributed by atoms with E-state index >= 15 is 0 Å². The van der Waals surface area contributed by atoms with Crippen LogP contribution in [-0.2, 0) is 0 Å². The van der Waals surface area contributed by atoms with Crippen molar-refractivity contribution in [2.24, 2.45) is 0 Å². The number of unbranched alkanes of at least 4 members (excludes halogenated alkanes) is 2. The van der Waals surface area contributed by atoms with Crippen molar-refractivity contribution in [2.75, 3.05) is 4.90 Å². The molecule has 0 amide bonds. The maximum absolute atomic E-state index is 6.16. The number of fused-ring (bicyclic) bond motifs is 9. The first-order valence-corrected chi connectivity index (χ1v) is 36.7. The third-order valence-corrected chi connectivity index (χ3v) is 20.0. The number of aryl methyl sites for hydroxylation is 1. The van der Waals surface area contributed by atoms with Crippen molar-refractivity contribution in [3.8, 4) is 77.9 Å². The third kappa shape index (κ3) is 15.5. The molecule has 0 aliphatic heterocycles. The largest absolute Gasteiger partial charge is 0.310 e. The zero-order valence-corrected chi connectivity index (χ0v) is 59.7. The Morgan fingerprint density at radius 3 is 0.819 bits per heavy atom. The molecule has 0 unspecified atom stereocenters. The number of hydrogen-bond donors (Lipinski definition) is 0. The minimum absolute atomic E-state index is 0. The minimum Gasteiger partial charge on any atom is -0.310 e. The molecule has 0 radical (unpaired) electrons. The van der Waals surface area contributed by atoms with E-state index in [2.05, 4.69) is 396 Å². The lowest BCUT2D eigenvalue weighted by atomic mass is 9.92. The Balaban J connectivity index is 0.000000163. The molecule has 105 heavy (non-hydrogen) atoms. The Bertz CT molecular complexity index is 5800. The van der Waals surface area contributed by atoms with Gasteiger partial charge in [-0.3, -0.25) is 0 Å². The SMILES string of the molecule is C.CCCCC.Cc1ccc(-c2ccc(-c3ccccc3)cc2)cc1.Clc1cccc(-c2cc3ccccc3c3ccccc23)c1.c1ccc(-c2ccc(-c3ccc(N(c4cccc(-c5cc6ccccc6c6ccccc56)c4)c4cccc(-c5cc6ccccc6c6ccccc56)c4)cc3)cc2)cc1. The van der Waals surface area contributed by atoms with Crippen LogP contribution in [0.2, 0.25) is 5.02 Å². The van der Waals surface area contributed by atoms with Crippen LogP contribution < -0.4 is 4.90 Å². The zero-order chi connectivity index (χ0) is 70.6. The van der Waals surface area contributed by atoms with Crippen molar-refractivity contribution in [1.82, 2.24) is 0 Å². The second kappa shape index (κ2) is 32.7. The molecule has 18 aromatic rings. The first-order chi connectivity index (χ1) is 51.3. The smallest absolute Gasteiger partial charge is 0.0467 e. The molecule has 508 valence electrons. The summed E-state index contributed by atoms with van der Waals surface area (Å²) < 4.78 is 0. The fourth-order valence-corrected chi connectivity index (χ4v) is 14.7. The van der Waals surface area contributed by atoms with E-state index in [0.717, 1.165) is 27.6 Å². The van der Waals surface area contributed by atoms with Gasteiger partial charge in [-0.15, -0.1) is 0 Å². The van der Waals surface area contributed by atoms with Crippen LogP contribution in [0.25, 0.3) is 143 Å². The lowest BCUT2D eigenvalue weighted by Gasteiger charge is -2.27. The summed E-state index contributed by atoms with van der Waals surface area (Å²) in [5.74, 6) is 0. The lowest BCUT2D eigenvalue weighted by Crippen LogP contribution is -2.10. The predicted octanol–water partition coefficient (Wildman–Crippen LogP) is 30.9. The number of anilines is 3. The van der Waals surface area contributed by atoms with E-state index in [-0.39, 0.29) is 7.43 Å². The molecule has 0 aliphatic rings. The van der Waals surface area contributed by atoms with Crippen molar-refractivity contribution in [1.29, 1.82) is 0 Å². The molecule has 0 fully saturated rings. The highest BCUT2D eigenvalue weighted by atomic mass is 35.5. The monoisotopic (exact) mass is 1370 g/mol. The second-order valence-corrected chi connectivity index (χ2v) is 27.1. The van der Waals surface area contributed by atoms with Crippen LogP contribution in [0.5, 0.6) is 0 Å². The molecule has 0 aliphatic carbocycles. The minimum atomic E-state index is 0. The van der Waals surface area contributed by atoms with Crippen LogP contribution in [0.4, 0.5) is 17.1 Å². The van der Waals surface area contributed by atoms with Gasteiger partial charge in [0.15, 0.2) is 0 Å². The molecule has 0 saturated heterocycles. The number of halogens is 1. The second-order valence-electron chi connectivity index (χ2n) is 26.7. The van der Waals surface area contributed by atoms with Gasteiger partial charge in [-0.05, 0) is 216 Å². The number of hydrogen-bond acceptors (Lipinski definition) is 1. The summed E-state index contributed by atoms with van der Waals surface area (Å²) in [6.45, 7) is 6.54. The van der Waals surface area contributed by atoms with Gasteiger partial charge in [-0.25, -0.2) is 0 Å². The van der Waals surface area contributed by atoms with Gasteiger partial charge in [-0.2, -0.15) is 0 Å². The van der Waals surface area contributed by atoms with Crippen LogP contribution in [0.3, 0.4) is 0 Å². The van der Waals surface area contributed by atoms with E-state index in [9.17, 15) is 0 Å². The quantitative estimate of drug-likeness (QED) is 0.110. The van der Waals surface area contributed by atoms with Gasteiger partial charge >= 0.3 is 0 Å². The molecule has 0 bridgehead atoms. The van der Waals surface area contributed by atoms with Crippen LogP contribution in [0.1, 0.15) is 46.1 Å². The van der Waals surface area contributed by atoms with Gasteiger partial charge in [-0.1, -0.05) is 385 Å². The summed E-state index contributed by atoms with van der Waals surface area (Å²) in [6, 6.07) is 141. The van der Waals surface area contributed by atoms with Gasteiger partial charge in [0.1, 0.15) is 0 Å². The average molecular weight is 1370 g/mol. The fourth-order valence-electron chi connectivity index (χ4n) is 14.5. The Morgan fingerprint density at radius 1 is 0.219 bits per heavy atom. The maximum Gasteiger partial charge on any atom is 0.0467 e. The number of benzene rings is 18. The summed E-state index contributed by atoms with van der Waals surface area (Å²) in [5, 5.41) is 15.9. The topological polar surface area (TPSA) is 3.24 Å². The Morgan fingerprint density at radius 2 is 0.486 bits per heavy atom. The van der Waals surface area contributed by atoms with Crippen LogP contribution >= 0.6 is 11.6 Å². The summed E-state index contributed by atoms with van der Waals surface area (Å²) in [7, 11) is 0. The fraction of sp³-hybridized carbons (Fsp3) is 0.0680. The normalized spacial score (nSPS) is 10.9. The highest BCUT2D eigenvalue weighted by Gasteiger charge is 2.19. The van der Waals surface area contributed by atoms with E-state index in [4.69, 9.17) is 11.6 Å². The highest BCUT2D eigenvalue weighted by Crippen LogP contribution is 2.44. The number of nitrogens with zero attached hydrogens (tertiary/aromatic N) is 1.